The molecular formula is C22H22F5N7O. The Balaban J connectivity index is 1.59. The van der Waals surface area contributed by atoms with Crippen molar-refractivity contribution in [2.45, 2.75) is 31.5 Å². The van der Waals surface area contributed by atoms with Gasteiger partial charge in [0, 0.05) is 44.6 Å². The van der Waals surface area contributed by atoms with Gasteiger partial charge in [0.1, 0.15) is 6.04 Å². The van der Waals surface area contributed by atoms with Crippen molar-refractivity contribution in [3.8, 4) is 0 Å². The number of rotatable bonds is 5. The Hall–Kier alpha value is -3.77. The van der Waals surface area contributed by atoms with Crippen LogP contribution < -0.4 is 15.5 Å². The molecule has 0 spiro atoms. The molecule has 1 aliphatic heterocycles. The highest BCUT2D eigenvalue weighted by Gasteiger charge is 2.45. The van der Waals surface area contributed by atoms with Crippen molar-refractivity contribution < 1.29 is 26.7 Å². The molecule has 1 saturated heterocycles. The van der Waals surface area contributed by atoms with Crippen LogP contribution in [0.3, 0.4) is 0 Å². The van der Waals surface area contributed by atoms with Crippen LogP contribution in [0.4, 0.5) is 39.5 Å². The van der Waals surface area contributed by atoms with Crippen molar-refractivity contribution in [2.24, 2.45) is 7.05 Å². The molecule has 35 heavy (non-hydrogen) atoms. The number of carbonyl (C=O) groups excluding carboxylic acids is 1. The Morgan fingerprint density at radius 3 is 2.57 bits per heavy atom. The minimum atomic E-state index is -4.63. The van der Waals surface area contributed by atoms with Crippen LogP contribution in [0.25, 0.3) is 11.0 Å². The molecule has 1 fully saturated rings. The number of hydrogen-bond donors (Lipinski definition) is 2. The fourth-order valence-corrected chi connectivity index (χ4v) is 3.87. The fourth-order valence-electron chi connectivity index (χ4n) is 3.87. The van der Waals surface area contributed by atoms with E-state index in [-0.39, 0.29) is 24.9 Å². The molecule has 3 heterocycles. The number of fused-ring (bicyclic) bond motifs is 1. The number of carbonyl (C=O) groups is 1. The van der Waals surface area contributed by atoms with Crippen LogP contribution in [0.2, 0.25) is 0 Å². The molecule has 1 aliphatic rings. The van der Waals surface area contributed by atoms with Crippen molar-refractivity contribution >= 4 is 34.5 Å². The number of nitrogens with zero attached hydrogens (tertiary/aromatic N) is 5. The molecule has 0 unspecified atom stereocenters. The van der Waals surface area contributed by atoms with Gasteiger partial charge in [0.2, 0.25) is 17.8 Å². The summed E-state index contributed by atoms with van der Waals surface area (Å²) >= 11 is 0. The smallest absolute Gasteiger partial charge is 0.344 e. The second kappa shape index (κ2) is 8.78. The van der Waals surface area contributed by atoms with Crippen LogP contribution in [0.15, 0.2) is 37.2 Å². The standard InChI is InChI=1S/C22H22F5N7O/c1-4-18(35)30-14-8-15-16(7-12(14)2)33(3)20(31-15)34-6-5-21(23,24)17(11-34)32-19-28-9-13(10-29-19)22(25,26)27/h4,7-10,17H,1,5-6,11H2,2-3H3,(H,30,35)(H,28,29,32)/t17-/m0/s1. The van der Waals surface area contributed by atoms with Gasteiger partial charge in [-0.05, 0) is 30.7 Å². The SMILES string of the molecule is C=CC(=O)Nc1cc2nc(N3CCC(F)(F)[C@@H](Nc4ncc(C(F)(F)F)cn4)C3)n(C)c2cc1C. The van der Waals surface area contributed by atoms with Gasteiger partial charge in [-0.1, -0.05) is 6.58 Å². The Morgan fingerprint density at radius 1 is 1.26 bits per heavy atom. The van der Waals surface area contributed by atoms with Crippen molar-refractivity contribution in [1.82, 2.24) is 19.5 Å². The summed E-state index contributed by atoms with van der Waals surface area (Å²) in [5.41, 5.74) is 1.56. The Kier molecular flexibility index (Phi) is 6.11. The third-order valence-corrected chi connectivity index (χ3v) is 5.84. The quantitative estimate of drug-likeness (QED) is 0.409. The summed E-state index contributed by atoms with van der Waals surface area (Å²) in [4.78, 5) is 25.0. The maximum atomic E-state index is 14.7. The van der Waals surface area contributed by atoms with Gasteiger partial charge in [-0.25, -0.2) is 23.7 Å². The van der Waals surface area contributed by atoms with Crippen molar-refractivity contribution in [1.29, 1.82) is 0 Å². The lowest BCUT2D eigenvalue weighted by Gasteiger charge is -2.39. The Morgan fingerprint density at radius 2 is 1.94 bits per heavy atom. The van der Waals surface area contributed by atoms with E-state index >= 15 is 0 Å². The predicted molar refractivity (Wildman–Crippen MR) is 120 cm³/mol. The highest BCUT2D eigenvalue weighted by atomic mass is 19.4. The third-order valence-electron chi connectivity index (χ3n) is 5.84. The number of halogens is 5. The minimum Gasteiger partial charge on any atom is -0.344 e. The summed E-state index contributed by atoms with van der Waals surface area (Å²) in [6, 6.07) is 2.06. The molecule has 1 atom stereocenters. The van der Waals surface area contributed by atoms with Crippen molar-refractivity contribution in [3.63, 3.8) is 0 Å². The maximum Gasteiger partial charge on any atom is 0.419 e. The zero-order valence-corrected chi connectivity index (χ0v) is 18.8. The molecular weight excluding hydrogens is 473 g/mol. The molecule has 1 amide bonds. The van der Waals surface area contributed by atoms with E-state index in [0.29, 0.717) is 29.5 Å². The average molecular weight is 495 g/mol. The second-order valence-corrected chi connectivity index (χ2v) is 8.27. The van der Waals surface area contributed by atoms with E-state index in [0.717, 1.165) is 17.2 Å². The number of hydrogen-bond acceptors (Lipinski definition) is 6. The molecule has 13 heteroatoms. The minimum absolute atomic E-state index is 0.00918. The van der Waals surface area contributed by atoms with Crippen molar-refractivity contribution in [3.05, 3.63) is 48.3 Å². The number of anilines is 3. The third kappa shape index (κ3) is 4.88. The lowest BCUT2D eigenvalue weighted by atomic mass is 10.0. The zero-order chi connectivity index (χ0) is 25.5. The molecule has 186 valence electrons. The lowest BCUT2D eigenvalue weighted by Crippen LogP contribution is -2.55. The number of aromatic nitrogens is 4. The summed E-state index contributed by atoms with van der Waals surface area (Å²) in [6.07, 6.45) is -2.89. The molecule has 0 aliphatic carbocycles. The molecule has 0 saturated carbocycles. The number of piperidine rings is 1. The second-order valence-electron chi connectivity index (χ2n) is 8.27. The van der Waals surface area contributed by atoms with Gasteiger partial charge in [0.25, 0.3) is 5.92 Å². The van der Waals surface area contributed by atoms with Crippen LogP contribution >= 0.6 is 0 Å². The molecule has 2 N–H and O–H groups in total. The van der Waals surface area contributed by atoms with Crippen molar-refractivity contribution in [2.75, 3.05) is 28.6 Å². The Bertz CT molecular complexity index is 1270. The van der Waals surface area contributed by atoms with E-state index in [1.165, 1.54) is 0 Å². The summed E-state index contributed by atoms with van der Waals surface area (Å²) < 4.78 is 69.3. The van der Waals surface area contributed by atoms with Gasteiger partial charge < -0.3 is 20.1 Å². The average Bonchev–Trinajstić information content (AvgIpc) is 3.10. The van der Waals surface area contributed by atoms with E-state index in [1.807, 2.05) is 13.0 Å². The number of benzene rings is 1. The molecule has 4 rings (SSSR count). The molecule has 0 radical (unpaired) electrons. The van der Waals surface area contributed by atoms with Gasteiger partial charge in [0.15, 0.2) is 0 Å². The highest BCUT2D eigenvalue weighted by molar-refractivity contribution is 6.00. The number of amides is 1. The molecule has 2 aromatic heterocycles. The van der Waals surface area contributed by atoms with Gasteiger partial charge >= 0.3 is 6.18 Å². The van der Waals surface area contributed by atoms with E-state index in [1.54, 1.807) is 22.6 Å². The number of aryl methyl sites for hydroxylation is 2. The Labute approximate surface area is 196 Å². The van der Waals surface area contributed by atoms with E-state index in [9.17, 15) is 26.7 Å². The topological polar surface area (TPSA) is 88.0 Å². The van der Waals surface area contributed by atoms with Crippen LogP contribution in [-0.2, 0) is 18.0 Å². The maximum absolute atomic E-state index is 14.7. The first-order valence-corrected chi connectivity index (χ1v) is 10.6. The largest absolute Gasteiger partial charge is 0.419 e. The summed E-state index contributed by atoms with van der Waals surface area (Å²) in [6.45, 7) is 5.07. The van der Waals surface area contributed by atoms with Crippen LogP contribution in [0.1, 0.15) is 17.5 Å². The van der Waals surface area contributed by atoms with Gasteiger partial charge in [0.05, 0.1) is 16.6 Å². The molecule has 3 aromatic rings. The van der Waals surface area contributed by atoms with E-state index in [2.05, 4.69) is 32.2 Å². The lowest BCUT2D eigenvalue weighted by molar-refractivity contribution is -0.138. The first-order chi connectivity index (χ1) is 16.4. The van der Waals surface area contributed by atoms with Crippen LogP contribution in [0, 0.1) is 6.92 Å². The summed E-state index contributed by atoms with van der Waals surface area (Å²) in [7, 11) is 1.75. The van der Waals surface area contributed by atoms with Gasteiger partial charge in [-0.15, -0.1) is 0 Å². The first-order valence-electron chi connectivity index (χ1n) is 10.6. The predicted octanol–water partition coefficient (Wildman–Crippen LogP) is 4.14. The fraction of sp³-hybridized carbons (Fsp3) is 0.364. The summed E-state index contributed by atoms with van der Waals surface area (Å²) in [5, 5.41) is 5.18. The first kappa shape index (κ1) is 24.4. The molecule has 8 nitrogen and oxygen atoms in total. The number of imidazole rings is 1. The zero-order valence-electron chi connectivity index (χ0n) is 18.8. The van der Waals surface area contributed by atoms with E-state index < -0.39 is 30.1 Å². The highest BCUT2D eigenvalue weighted by Crippen LogP contribution is 2.34. The van der Waals surface area contributed by atoms with Gasteiger partial charge in [-0.2, -0.15) is 13.2 Å². The number of alkyl halides is 5. The normalized spacial score (nSPS) is 17.9. The van der Waals surface area contributed by atoms with Gasteiger partial charge in [-0.3, -0.25) is 4.79 Å². The van der Waals surface area contributed by atoms with Crippen LogP contribution in [0.5, 0.6) is 0 Å². The van der Waals surface area contributed by atoms with E-state index in [4.69, 9.17) is 0 Å². The number of nitrogens with one attached hydrogen (secondary N) is 2. The monoisotopic (exact) mass is 495 g/mol. The summed E-state index contributed by atoms with van der Waals surface area (Å²) in [5.74, 6) is -3.41. The van der Waals surface area contributed by atoms with Crippen LogP contribution in [-0.4, -0.2) is 50.5 Å². The molecule has 1 aromatic carbocycles. The molecule has 0 bridgehead atoms.